The molecule has 1 aromatic carbocycles. The lowest BCUT2D eigenvalue weighted by atomic mass is 9.91. The van der Waals surface area contributed by atoms with Crippen molar-refractivity contribution in [1.29, 1.82) is 0 Å². The van der Waals surface area contributed by atoms with Gasteiger partial charge in [-0.05, 0) is 11.6 Å². The van der Waals surface area contributed by atoms with E-state index in [-0.39, 0.29) is 11.1 Å². The number of fused-ring (bicyclic) bond motifs is 1. The van der Waals surface area contributed by atoms with Crippen LogP contribution in [0, 0.1) is 0 Å². The molecule has 0 bridgehead atoms. The molecule has 0 radical (unpaired) electrons. The van der Waals surface area contributed by atoms with Crippen LogP contribution >= 0.6 is 0 Å². The molecule has 2 atom stereocenters. The van der Waals surface area contributed by atoms with E-state index in [1.807, 2.05) is 0 Å². The number of rotatable bonds is 2. The maximum atomic E-state index is 11.3. The maximum absolute atomic E-state index is 11.3. The molecule has 0 saturated carbocycles. The van der Waals surface area contributed by atoms with Crippen molar-refractivity contribution in [2.75, 3.05) is 0 Å². The molecule has 1 aliphatic carbocycles. The van der Waals surface area contributed by atoms with Crippen molar-refractivity contribution in [2.24, 2.45) is 5.73 Å². The minimum atomic E-state index is -5.13. The van der Waals surface area contributed by atoms with Gasteiger partial charge in [-0.25, -0.2) is 0 Å². The highest BCUT2D eigenvalue weighted by atomic mass is 32.2. The second-order valence-electron chi connectivity index (χ2n) is 4.28. The van der Waals surface area contributed by atoms with Crippen molar-refractivity contribution < 1.29 is 31.0 Å². The topological polar surface area (TPSA) is 155 Å². The minimum Gasteiger partial charge on any atom is -0.368 e. The summed E-state index contributed by atoms with van der Waals surface area (Å²) in [6, 6.07) is 3.85. The summed E-state index contributed by atoms with van der Waals surface area (Å²) in [7, 11) is -9.96. The van der Waals surface area contributed by atoms with E-state index in [1.54, 1.807) is 0 Å². The van der Waals surface area contributed by atoms with Crippen LogP contribution in [0.5, 0.6) is 0 Å². The molecule has 2 rings (SSSR count). The standard InChI is InChI=1S/C10H11NO7S2/c11-9-7-4-2-1-3-6(7)8(19(13,14)15)5-10(9,12)20(16,17)18/h1-5,9,12H,11H2,(H,13,14,15)(H,16,17,18). The highest BCUT2D eigenvalue weighted by Gasteiger charge is 2.50. The average Bonchev–Trinajstić information content (AvgIpc) is 2.31. The average molecular weight is 321 g/mol. The SMILES string of the molecule is NC1c2ccccc2C(S(=O)(=O)O)=CC1(O)S(=O)(=O)O. The Balaban J connectivity index is 2.89. The van der Waals surface area contributed by atoms with Crippen molar-refractivity contribution in [3.8, 4) is 0 Å². The summed E-state index contributed by atoms with van der Waals surface area (Å²) in [6.45, 7) is 0. The van der Waals surface area contributed by atoms with E-state index in [0.29, 0.717) is 6.08 Å². The molecule has 10 heteroatoms. The molecule has 1 aromatic rings. The van der Waals surface area contributed by atoms with Crippen LogP contribution in [0.1, 0.15) is 17.2 Å². The zero-order valence-corrected chi connectivity index (χ0v) is 11.5. The van der Waals surface area contributed by atoms with Gasteiger partial charge >= 0.3 is 10.1 Å². The highest BCUT2D eigenvalue weighted by Crippen LogP contribution is 2.41. The molecule has 1 aliphatic rings. The number of hydrogen-bond donors (Lipinski definition) is 4. The van der Waals surface area contributed by atoms with Gasteiger partial charge in [-0.2, -0.15) is 16.8 Å². The summed E-state index contributed by atoms with van der Waals surface area (Å²) in [6.07, 6.45) is 0.324. The number of aliphatic hydroxyl groups is 1. The van der Waals surface area contributed by atoms with Gasteiger partial charge in [0.05, 0.1) is 6.04 Å². The Kier molecular flexibility index (Phi) is 3.28. The van der Waals surface area contributed by atoms with Crippen molar-refractivity contribution >= 4 is 25.1 Å². The van der Waals surface area contributed by atoms with Gasteiger partial charge in [-0.3, -0.25) is 9.11 Å². The molecule has 0 spiro atoms. The van der Waals surface area contributed by atoms with E-state index in [2.05, 4.69) is 0 Å². The number of hydrogen-bond acceptors (Lipinski definition) is 6. The molecular formula is C10H11NO7S2. The third-order valence-electron chi connectivity index (χ3n) is 3.04. The zero-order valence-electron chi connectivity index (χ0n) is 9.83. The van der Waals surface area contributed by atoms with Crippen LogP contribution in [0.25, 0.3) is 4.91 Å². The fraction of sp³-hybridized carbons (Fsp3) is 0.200. The molecule has 0 aliphatic heterocycles. The molecule has 0 saturated heterocycles. The van der Waals surface area contributed by atoms with E-state index in [1.165, 1.54) is 24.3 Å². The normalized spacial score (nSPS) is 26.8. The van der Waals surface area contributed by atoms with Crippen LogP contribution in [0.15, 0.2) is 30.3 Å². The Bertz CT molecular complexity index is 797. The third kappa shape index (κ3) is 2.16. The van der Waals surface area contributed by atoms with Gasteiger partial charge in [0.1, 0.15) is 4.91 Å². The zero-order chi connectivity index (χ0) is 15.3. The first kappa shape index (κ1) is 15.1. The Labute approximate surface area is 115 Å². The van der Waals surface area contributed by atoms with Crippen LogP contribution in [0.2, 0.25) is 0 Å². The molecule has 8 nitrogen and oxygen atoms in total. The molecule has 0 aromatic heterocycles. The van der Waals surface area contributed by atoms with Gasteiger partial charge in [0, 0.05) is 5.56 Å². The summed E-state index contributed by atoms with van der Waals surface area (Å²) < 4.78 is 63.5. The monoisotopic (exact) mass is 321 g/mol. The van der Waals surface area contributed by atoms with Crippen LogP contribution in [-0.4, -0.2) is 36.0 Å². The van der Waals surface area contributed by atoms with E-state index < -0.39 is 36.1 Å². The predicted molar refractivity (Wildman–Crippen MR) is 69.4 cm³/mol. The van der Waals surface area contributed by atoms with Crippen molar-refractivity contribution in [3.63, 3.8) is 0 Å². The van der Waals surface area contributed by atoms with Crippen molar-refractivity contribution in [2.45, 2.75) is 11.0 Å². The van der Waals surface area contributed by atoms with Gasteiger partial charge in [-0.15, -0.1) is 0 Å². The molecule has 0 fully saturated rings. The van der Waals surface area contributed by atoms with Crippen molar-refractivity contribution in [1.82, 2.24) is 0 Å². The lowest BCUT2D eigenvalue weighted by Gasteiger charge is -2.33. The molecule has 110 valence electrons. The van der Waals surface area contributed by atoms with Gasteiger partial charge in [-0.1, -0.05) is 24.3 Å². The molecule has 2 unspecified atom stereocenters. The summed E-state index contributed by atoms with van der Waals surface area (Å²) in [5, 5.41) is 10.0. The van der Waals surface area contributed by atoms with E-state index in [9.17, 15) is 21.9 Å². The fourth-order valence-electron chi connectivity index (χ4n) is 2.02. The summed E-state index contributed by atoms with van der Waals surface area (Å²) in [5.41, 5.74) is 5.52. The quantitative estimate of drug-likeness (QED) is 0.531. The third-order valence-corrected chi connectivity index (χ3v) is 5.13. The number of nitrogens with two attached hydrogens (primary N) is 1. The Morgan fingerprint density at radius 3 is 2.15 bits per heavy atom. The fourth-order valence-corrected chi connectivity index (χ4v) is 3.60. The first-order valence-electron chi connectivity index (χ1n) is 5.23. The molecule has 20 heavy (non-hydrogen) atoms. The largest absolute Gasteiger partial charge is 0.368 e. The maximum Gasteiger partial charge on any atom is 0.300 e. The van der Waals surface area contributed by atoms with Crippen LogP contribution in [-0.2, 0) is 20.2 Å². The highest BCUT2D eigenvalue weighted by molar-refractivity contribution is 7.95. The smallest absolute Gasteiger partial charge is 0.300 e. The predicted octanol–water partition coefficient (Wildman–Crippen LogP) is -0.495. The van der Waals surface area contributed by atoms with Crippen LogP contribution in [0.3, 0.4) is 0 Å². The van der Waals surface area contributed by atoms with E-state index in [4.69, 9.17) is 14.8 Å². The second kappa shape index (κ2) is 4.35. The van der Waals surface area contributed by atoms with E-state index in [0.717, 1.165) is 0 Å². The van der Waals surface area contributed by atoms with Gasteiger partial charge in [0.25, 0.3) is 10.1 Å². The van der Waals surface area contributed by atoms with Gasteiger partial charge in [0.15, 0.2) is 0 Å². The number of benzene rings is 1. The Hall–Kier alpha value is -1.30. The molecule has 0 heterocycles. The minimum absolute atomic E-state index is 0.0391. The summed E-state index contributed by atoms with van der Waals surface area (Å²) in [4.78, 5) is -3.89. The Morgan fingerprint density at radius 2 is 1.65 bits per heavy atom. The molecule has 5 N–H and O–H groups in total. The summed E-state index contributed by atoms with van der Waals surface area (Å²) in [5.74, 6) is 0. The molecule has 0 amide bonds. The lowest BCUT2D eigenvalue weighted by Crippen LogP contribution is -2.48. The van der Waals surface area contributed by atoms with Gasteiger partial charge < -0.3 is 10.8 Å². The summed E-state index contributed by atoms with van der Waals surface area (Å²) >= 11 is 0. The first-order valence-corrected chi connectivity index (χ1v) is 8.11. The van der Waals surface area contributed by atoms with Crippen molar-refractivity contribution in [3.05, 3.63) is 41.5 Å². The van der Waals surface area contributed by atoms with Crippen LogP contribution < -0.4 is 5.73 Å². The molecular weight excluding hydrogens is 310 g/mol. The lowest BCUT2D eigenvalue weighted by molar-refractivity contribution is 0.131. The Morgan fingerprint density at radius 1 is 1.10 bits per heavy atom. The second-order valence-corrected chi connectivity index (χ2v) is 7.27. The van der Waals surface area contributed by atoms with E-state index >= 15 is 0 Å². The van der Waals surface area contributed by atoms with Gasteiger partial charge in [0.2, 0.25) is 4.93 Å². The first-order chi connectivity index (χ1) is 8.98. The van der Waals surface area contributed by atoms with Crippen LogP contribution in [0.4, 0.5) is 0 Å².